The van der Waals surface area contributed by atoms with Crippen LogP contribution in [0.1, 0.15) is 20.8 Å². The van der Waals surface area contributed by atoms with Gasteiger partial charge in [-0.3, -0.25) is 4.79 Å². The van der Waals surface area contributed by atoms with Gasteiger partial charge >= 0.3 is 0 Å². The van der Waals surface area contributed by atoms with E-state index in [-0.39, 0.29) is 23.8 Å². The number of nitrogens with two attached hydrogens (primary N) is 1. The van der Waals surface area contributed by atoms with Crippen molar-refractivity contribution in [2.24, 2.45) is 0 Å². The standard InChI is InChI=1S/C14H21FN2O3/c1-14(2,3)20-7-6-19-9-13(18)17-12-5-4-10(15)8-11(12)16/h4-5,8H,6-7,9,16H2,1-3H3,(H,17,18). The molecular formula is C14H21FN2O3. The second-order valence-corrected chi connectivity index (χ2v) is 5.29. The number of nitrogens with one attached hydrogen (secondary N) is 1. The Labute approximate surface area is 118 Å². The fourth-order valence-electron chi connectivity index (χ4n) is 1.41. The van der Waals surface area contributed by atoms with Gasteiger partial charge in [-0.1, -0.05) is 0 Å². The van der Waals surface area contributed by atoms with Crippen LogP contribution in [0, 0.1) is 5.82 Å². The Balaban J connectivity index is 2.27. The molecule has 1 aromatic rings. The van der Waals surface area contributed by atoms with Gasteiger partial charge in [-0.25, -0.2) is 4.39 Å². The van der Waals surface area contributed by atoms with Crippen LogP contribution in [0.2, 0.25) is 0 Å². The van der Waals surface area contributed by atoms with Crippen LogP contribution in [-0.4, -0.2) is 31.3 Å². The number of hydrogen-bond donors (Lipinski definition) is 2. The van der Waals surface area contributed by atoms with Gasteiger partial charge in [0.25, 0.3) is 0 Å². The van der Waals surface area contributed by atoms with Gasteiger partial charge in [0, 0.05) is 0 Å². The molecule has 1 aromatic carbocycles. The molecule has 6 heteroatoms. The lowest BCUT2D eigenvalue weighted by molar-refractivity contribution is -0.121. The maximum Gasteiger partial charge on any atom is 0.250 e. The Hall–Kier alpha value is -1.66. The van der Waals surface area contributed by atoms with Crippen molar-refractivity contribution in [3.63, 3.8) is 0 Å². The highest BCUT2D eigenvalue weighted by atomic mass is 19.1. The molecule has 0 aliphatic carbocycles. The minimum atomic E-state index is -0.448. The van der Waals surface area contributed by atoms with Gasteiger partial charge in [0.05, 0.1) is 30.2 Å². The van der Waals surface area contributed by atoms with E-state index in [4.69, 9.17) is 15.2 Å². The third-order valence-corrected chi connectivity index (χ3v) is 2.28. The molecule has 3 N–H and O–H groups in total. The molecule has 112 valence electrons. The topological polar surface area (TPSA) is 73.6 Å². The van der Waals surface area contributed by atoms with E-state index in [1.807, 2.05) is 20.8 Å². The highest BCUT2D eigenvalue weighted by Gasteiger charge is 2.10. The number of carbonyl (C=O) groups is 1. The maximum atomic E-state index is 12.8. The highest BCUT2D eigenvalue weighted by molar-refractivity contribution is 5.94. The zero-order chi connectivity index (χ0) is 15.2. The number of hydrogen-bond acceptors (Lipinski definition) is 4. The molecular weight excluding hydrogens is 263 g/mol. The predicted molar refractivity (Wildman–Crippen MR) is 76.0 cm³/mol. The molecule has 0 aliphatic heterocycles. The van der Waals surface area contributed by atoms with Crippen molar-refractivity contribution >= 4 is 17.3 Å². The van der Waals surface area contributed by atoms with Gasteiger partial charge in [0.15, 0.2) is 0 Å². The quantitative estimate of drug-likeness (QED) is 0.620. The molecule has 0 spiro atoms. The average Bonchev–Trinajstić information content (AvgIpc) is 2.31. The Kier molecular flexibility index (Phi) is 5.91. The van der Waals surface area contributed by atoms with E-state index in [2.05, 4.69) is 5.32 Å². The van der Waals surface area contributed by atoms with Crippen LogP contribution in [0.3, 0.4) is 0 Å². The van der Waals surface area contributed by atoms with E-state index >= 15 is 0 Å². The Bertz CT molecular complexity index is 458. The number of benzene rings is 1. The lowest BCUT2D eigenvalue weighted by Gasteiger charge is -2.19. The first-order valence-corrected chi connectivity index (χ1v) is 6.34. The number of amides is 1. The van der Waals surface area contributed by atoms with Gasteiger partial charge in [0.2, 0.25) is 5.91 Å². The van der Waals surface area contributed by atoms with E-state index in [1.54, 1.807) is 0 Å². The van der Waals surface area contributed by atoms with Gasteiger partial charge in [-0.15, -0.1) is 0 Å². The third kappa shape index (κ3) is 6.49. The minimum Gasteiger partial charge on any atom is -0.397 e. The summed E-state index contributed by atoms with van der Waals surface area (Å²) in [5.41, 5.74) is 5.89. The van der Waals surface area contributed by atoms with Crippen molar-refractivity contribution in [2.45, 2.75) is 26.4 Å². The summed E-state index contributed by atoms with van der Waals surface area (Å²) in [6.45, 7) is 6.45. The fraction of sp³-hybridized carbons (Fsp3) is 0.500. The molecule has 0 aliphatic rings. The second-order valence-electron chi connectivity index (χ2n) is 5.29. The number of rotatable bonds is 6. The van der Waals surface area contributed by atoms with Crippen molar-refractivity contribution < 1.29 is 18.7 Å². The maximum absolute atomic E-state index is 12.8. The molecule has 0 radical (unpaired) electrons. The van der Waals surface area contributed by atoms with Crippen molar-refractivity contribution in [3.05, 3.63) is 24.0 Å². The smallest absolute Gasteiger partial charge is 0.250 e. The molecule has 0 aromatic heterocycles. The largest absolute Gasteiger partial charge is 0.397 e. The summed E-state index contributed by atoms with van der Waals surface area (Å²) in [7, 11) is 0. The van der Waals surface area contributed by atoms with Gasteiger partial charge in [-0.05, 0) is 39.0 Å². The normalized spacial score (nSPS) is 11.4. The SMILES string of the molecule is CC(C)(C)OCCOCC(=O)Nc1ccc(F)cc1N. The van der Waals surface area contributed by atoms with E-state index in [1.165, 1.54) is 12.1 Å². The van der Waals surface area contributed by atoms with E-state index in [0.717, 1.165) is 6.07 Å². The van der Waals surface area contributed by atoms with Crippen LogP contribution in [0.4, 0.5) is 15.8 Å². The number of anilines is 2. The highest BCUT2D eigenvalue weighted by Crippen LogP contribution is 2.18. The second kappa shape index (κ2) is 7.21. The molecule has 5 nitrogen and oxygen atoms in total. The van der Waals surface area contributed by atoms with Crippen molar-refractivity contribution in [3.8, 4) is 0 Å². The minimum absolute atomic E-state index is 0.107. The molecule has 0 atom stereocenters. The molecule has 0 bridgehead atoms. The average molecular weight is 284 g/mol. The Morgan fingerprint density at radius 2 is 2.05 bits per heavy atom. The van der Waals surface area contributed by atoms with E-state index in [9.17, 15) is 9.18 Å². The lowest BCUT2D eigenvalue weighted by atomic mass is 10.2. The van der Waals surface area contributed by atoms with Crippen LogP contribution in [0.15, 0.2) is 18.2 Å². The van der Waals surface area contributed by atoms with E-state index < -0.39 is 5.82 Å². The van der Waals surface area contributed by atoms with Crippen LogP contribution in [0.25, 0.3) is 0 Å². The first kappa shape index (κ1) is 16.4. The zero-order valence-electron chi connectivity index (χ0n) is 12.0. The van der Waals surface area contributed by atoms with Gasteiger partial charge in [-0.2, -0.15) is 0 Å². The molecule has 0 unspecified atom stereocenters. The Morgan fingerprint density at radius 1 is 1.35 bits per heavy atom. The third-order valence-electron chi connectivity index (χ3n) is 2.28. The summed E-state index contributed by atoms with van der Waals surface area (Å²) >= 11 is 0. The van der Waals surface area contributed by atoms with Crippen molar-refractivity contribution in [1.29, 1.82) is 0 Å². The van der Waals surface area contributed by atoms with Gasteiger partial charge in [0.1, 0.15) is 12.4 Å². The number of nitrogen functional groups attached to an aromatic ring is 1. The first-order chi connectivity index (χ1) is 9.28. The van der Waals surface area contributed by atoms with Crippen molar-refractivity contribution in [2.75, 3.05) is 30.9 Å². The van der Waals surface area contributed by atoms with Gasteiger partial charge < -0.3 is 20.5 Å². The number of ether oxygens (including phenoxy) is 2. The van der Waals surface area contributed by atoms with Crippen LogP contribution < -0.4 is 11.1 Å². The summed E-state index contributed by atoms with van der Waals surface area (Å²) in [6.07, 6.45) is 0. The summed E-state index contributed by atoms with van der Waals surface area (Å²) in [6, 6.07) is 3.78. The molecule has 1 amide bonds. The molecule has 0 heterocycles. The molecule has 1 rings (SSSR count). The van der Waals surface area contributed by atoms with Crippen LogP contribution in [-0.2, 0) is 14.3 Å². The van der Waals surface area contributed by atoms with Crippen LogP contribution >= 0.6 is 0 Å². The first-order valence-electron chi connectivity index (χ1n) is 6.34. The molecule has 20 heavy (non-hydrogen) atoms. The van der Waals surface area contributed by atoms with Crippen LogP contribution in [0.5, 0.6) is 0 Å². The molecule has 0 saturated heterocycles. The summed E-state index contributed by atoms with van der Waals surface area (Å²) in [4.78, 5) is 11.6. The summed E-state index contributed by atoms with van der Waals surface area (Å²) < 4.78 is 23.5. The fourth-order valence-corrected chi connectivity index (χ4v) is 1.41. The number of halogens is 1. The van der Waals surface area contributed by atoms with E-state index in [0.29, 0.717) is 18.9 Å². The predicted octanol–water partition coefficient (Wildman–Crippen LogP) is 2.18. The molecule has 0 saturated carbocycles. The van der Waals surface area contributed by atoms with Crippen molar-refractivity contribution in [1.82, 2.24) is 0 Å². The zero-order valence-corrected chi connectivity index (χ0v) is 12.0. The molecule has 0 fully saturated rings. The number of carbonyl (C=O) groups excluding carboxylic acids is 1. The summed E-state index contributed by atoms with van der Waals surface area (Å²) in [5.74, 6) is -0.796. The monoisotopic (exact) mass is 284 g/mol. The summed E-state index contributed by atoms with van der Waals surface area (Å²) in [5, 5.41) is 2.55. The Morgan fingerprint density at radius 3 is 2.65 bits per heavy atom. The lowest BCUT2D eigenvalue weighted by Crippen LogP contribution is -2.24.